The fourth-order valence-corrected chi connectivity index (χ4v) is 4.89. The van der Waals surface area contributed by atoms with Crippen LogP contribution in [0.15, 0.2) is 53.6 Å². The van der Waals surface area contributed by atoms with Gasteiger partial charge in [-0.25, -0.2) is 9.80 Å². The lowest BCUT2D eigenvalue weighted by molar-refractivity contribution is -0.133. The lowest BCUT2D eigenvalue weighted by Crippen LogP contribution is -2.49. The second-order valence-corrected chi connectivity index (χ2v) is 9.77. The molecule has 0 saturated carbocycles. The van der Waals surface area contributed by atoms with Crippen LogP contribution in [0.4, 0.5) is 4.79 Å². The summed E-state index contributed by atoms with van der Waals surface area (Å²) in [5.41, 5.74) is 2.46. The largest absolute Gasteiger partial charge is 0.497 e. The first-order valence-electron chi connectivity index (χ1n) is 13.1. The van der Waals surface area contributed by atoms with Gasteiger partial charge in [0.15, 0.2) is 0 Å². The van der Waals surface area contributed by atoms with Crippen LogP contribution in [0.3, 0.4) is 0 Å². The van der Waals surface area contributed by atoms with Crippen molar-refractivity contribution in [3.05, 3.63) is 64.7 Å². The minimum atomic E-state index is -0.378. The van der Waals surface area contributed by atoms with Gasteiger partial charge in [0.05, 0.1) is 32.1 Å². The van der Waals surface area contributed by atoms with Crippen molar-refractivity contribution in [2.45, 2.75) is 25.8 Å². The van der Waals surface area contributed by atoms with E-state index in [4.69, 9.17) is 26.2 Å². The highest BCUT2D eigenvalue weighted by Gasteiger charge is 2.35. The van der Waals surface area contributed by atoms with E-state index in [9.17, 15) is 9.59 Å². The summed E-state index contributed by atoms with van der Waals surface area (Å²) in [7, 11) is 1.62. The average molecular weight is 542 g/mol. The molecule has 9 nitrogen and oxygen atoms in total. The summed E-state index contributed by atoms with van der Waals surface area (Å²) in [4.78, 5) is 30.6. The maximum atomic E-state index is 13.8. The highest BCUT2D eigenvalue weighted by molar-refractivity contribution is 6.31. The number of nitrogens with zero attached hydrogens (tertiary/aromatic N) is 4. The number of hydrogen-bond acceptors (Lipinski definition) is 6. The summed E-state index contributed by atoms with van der Waals surface area (Å²) in [6.07, 6.45) is 1.31. The smallest absolute Gasteiger partial charge is 0.317 e. The molecule has 4 rings (SSSR count). The average Bonchev–Trinajstić information content (AvgIpc) is 3.40. The Morgan fingerprint density at radius 3 is 2.71 bits per heavy atom. The number of morpholine rings is 1. The Morgan fingerprint density at radius 1 is 1.18 bits per heavy atom. The van der Waals surface area contributed by atoms with E-state index in [1.165, 1.54) is 5.01 Å². The monoisotopic (exact) mass is 541 g/mol. The topological polar surface area (TPSA) is 86.7 Å². The minimum Gasteiger partial charge on any atom is -0.497 e. The Balaban J connectivity index is 1.57. The molecule has 3 amide bonds. The van der Waals surface area contributed by atoms with Crippen molar-refractivity contribution in [3.63, 3.8) is 0 Å². The second-order valence-electron chi connectivity index (χ2n) is 9.37. The zero-order valence-corrected chi connectivity index (χ0v) is 22.8. The summed E-state index contributed by atoms with van der Waals surface area (Å²) in [5, 5.41) is 9.74. The Labute approximate surface area is 229 Å². The fraction of sp³-hybridized carbons (Fsp3) is 0.464. The van der Waals surface area contributed by atoms with E-state index >= 15 is 0 Å². The number of nitrogens with one attached hydrogen (secondary N) is 1. The third-order valence-electron chi connectivity index (χ3n) is 6.76. The maximum absolute atomic E-state index is 13.8. The van der Waals surface area contributed by atoms with Crippen LogP contribution < -0.4 is 10.1 Å². The summed E-state index contributed by atoms with van der Waals surface area (Å²) in [5.74, 6) is 0.451. The quantitative estimate of drug-likeness (QED) is 0.495. The highest BCUT2D eigenvalue weighted by atomic mass is 35.5. The van der Waals surface area contributed by atoms with Gasteiger partial charge in [-0.15, -0.1) is 0 Å². The van der Waals surface area contributed by atoms with E-state index < -0.39 is 0 Å². The number of carbonyl (C=O) groups excluding carboxylic acids is 2. The van der Waals surface area contributed by atoms with E-state index in [1.54, 1.807) is 12.0 Å². The molecule has 2 aliphatic rings. The number of amides is 3. The molecular weight excluding hydrogens is 506 g/mol. The van der Waals surface area contributed by atoms with Crippen molar-refractivity contribution >= 4 is 29.3 Å². The predicted octanol–water partition coefficient (Wildman–Crippen LogP) is 3.78. The van der Waals surface area contributed by atoms with Crippen LogP contribution in [0.2, 0.25) is 5.02 Å². The van der Waals surface area contributed by atoms with Crippen molar-refractivity contribution in [2.75, 3.05) is 59.6 Å². The third-order valence-corrected chi connectivity index (χ3v) is 7.11. The van der Waals surface area contributed by atoms with E-state index in [-0.39, 0.29) is 24.5 Å². The van der Waals surface area contributed by atoms with Gasteiger partial charge in [-0.05, 0) is 30.2 Å². The molecule has 1 saturated heterocycles. The maximum Gasteiger partial charge on any atom is 0.317 e. The first-order valence-corrected chi connectivity index (χ1v) is 13.5. The summed E-state index contributed by atoms with van der Waals surface area (Å²) < 4.78 is 10.8. The summed E-state index contributed by atoms with van der Waals surface area (Å²) in [6.45, 7) is 6.53. The molecule has 204 valence electrons. The van der Waals surface area contributed by atoms with Gasteiger partial charge in [-0.3, -0.25) is 9.69 Å². The van der Waals surface area contributed by atoms with Gasteiger partial charge in [-0.2, -0.15) is 5.10 Å². The number of carbonyl (C=O) groups is 2. The molecule has 1 atom stereocenters. The van der Waals surface area contributed by atoms with Crippen LogP contribution in [0, 0.1) is 0 Å². The van der Waals surface area contributed by atoms with Gasteiger partial charge in [0.1, 0.15) is 12.3 Å². The highest BCUT2D eigenvalue weighted by Crippen LogP contribution is 2.36. The van der Waals surface area contributed by atoms with Gasteiger partial charge >= 0.3 is 6.03 Å². The molecule has 10 heteroatoms. The van der Waals surface area contributed by atoms with Gasteiger partial charge in [0, 0.05) is 49.7 Å². The molecular formula is C28H36ClN5O4. The molecule has 2 heterocycles. The third kappa shape index (κ3) is 7.03. The Bertz CT molecular complexity index is 1140. The standard InChI is InChI=1S/C28H36ClN5O4/c1-3-11-30-28(36)33(13-12-32-14-16-38-17-15-32)20-27(35)34-26(23-9-4-5-10-24(23)29)19-25(31-34)21-7-6-8-22(18-21)37-2/h4-10,18,26H,3,11-17,19-20H2,1-2H3,(H,30,36). The van der Waals surface area contributed by atoms with Crippen LogP contribution in [0.25, 0.3) is 0 Å². The second kappa shape index (κ2) is 13.6. The van der Waals surface area contributed by atoms with Gasteiger partial charge in [0.25, 0.3) is 5.91 Å². The van der Waals surface area contributed by atoms with E-state index in [2.05, 4.69) is 10.2 Å². The molecule has 0 bridgehead atoms. The zero-order valence-electron chi connectivity index (χ0n) is 22.1. The van der Waals surface area contributed by atoms with Crippen molar-refractivity contribution in [2.24, 2.45) is 5.10 Å². The number of hydrazone groups is 1. The van der Waals surface area contributed by atoms with Crippen LogP contribution >= 0.6 is 11.6 Å². The molecule has 2 aromatic rings. The lowest BCUT2D eigenvalue weighted by Gasteiger charge is -2.31. The van der Waals surface area contributed by atoms with Crippen molar-refractivity contribution in [1.82, 2.24) is 20.1 Å². The Kier molecular flexibility index (Phi) is 9.98. The molecule has 1 fully saturated rings. The zero-order chi connectivity index (χ0) is 26.9. The number of ether oxygens (including phenoxy) is 2. The van der Waals surface area contributed by atoms with Gasteiger partial charge in [0.2, 0.25) is 0 Å². The van der Waals surface area contributed by atoms with E-state index in [0.717, 1.165) is 36.3 Å². The molecule has 0 aliphatic carbocycles. The Morgan fingerprint density at radius 2 is 1.97 bits per heavy atom. The lowest BCUT2D eigenvalue weighted by atomic mass is 9.98. The molecule has 0 spiro atoms. The van der Waals surface area contributed by atoms with E-state index in [0.29, 0.717) is 50.0 Å². The fourth-order valence-electron chi connectivity index (χ4n) is 4.62. The van der Waals surface area contributed by atoms with Crippen molar-refractivity contribution in [1.29, 1.82) is 0 Å². The van der Waals surface area contributed by atoms with Gasteiger partial charge in [-0.1, -0.05) is 48.9 Å². The number of hydrogen-bond donors (Lipinski definition) is 1. The molecule has 0 radical (unpaired) electrons. The number of rotatable bonds is 10. The van der Waals surface area contributed by atoms with Gasteiger partial charge < -0.3 is 19.7 Å². The van der Waals surface area contributed by atoms with Crippen LogP contribution in [0.1, 0.15) is 36.9 Å². The number of benzene rings is 2. The predicted molar refractivity (Wildman–Crippen MR) is 148 cm³/mol. The molecule has 1 N–H and O–H groups in total. The van der Waals surface area contributed by atoms with Crippen LogP contribution in [0.5, 0.6) is 5.75 Å². The van der Waals surface area contributed by atoms with Crippen LogP contribution in [-0.2, 0) is 9.53 Å². The Hall–Kier alpha value is -3.14. The van der Waals surface area contributed by atoms with E-state index in [1.807, 2.05) is 55.5 Å². The van der Waals surface area contributed by atoms with Crippen molar-refractivity contribution in [3.8, 4) is 5.75 Å². The normalized spacial score (nSPS) is 17.7. The first-order chi connectivity index (χ1) is 18.5. The molecule has 2 aliphatic heterocycles. The van der Waals surface area contributed by atoms with Crippen molar-refractivity contribution < 1.29 is 19.1 Å². The molecule has 1 unspecified atom stereocenters. The number of urea groups is 1. The first kappa shape index (κ1) is 27.9. The SMILES string of the molecule is CCCNC(=O)N(CCN1CCOCC1)CC(=O)N1N=C(c2cccc(OC)c2)CC1c1ccccc1Cl. The summed E-state index contributed by atoms with van der Waals surface area (Å²) >= 11 is 6.57. The number of methoxy groups -OCH3 is 1. The van der Waals surface area contributed by atoms with Crippen LogP contribution in [-0.4, -0.2) is 92.1 Å². The molecule has 0 aromatic heterocycles. The molecule has 38 heavy (non-hydrogen) atoms. The number of halogens is 1. The molecule has 2 aromatic carbocycles. The summed E-state index contributed by atoms with van der Waals surface area (Å²) in [6, 6.07) is 14.5. The minimum absolute atomic E-state index is 0.0876.